The predicted octanol–water partition coefficient (Wildman–Crippen LogP) is 5.42. The lowest BCUT2D eigenvalue weighted by atomic mass is 9.95. The van der Waals surface area contributed by atoms with Crippen molar-refractivity contribution in [3.63, 3.8) is 0 Å². The Morgan fingerprint density at radius 1 is 0.600 bits per heavy atom. The number of phenols is 5. The number of ether oxygens (including phenoxy) is 3. The summed E-state index contributed by atoms with van der Waals surface area (Å²) in [6.07, 6.45) is -1.44. The normalized spacial score (nSPS) is 17.8. The van der Waals surface area contributed by atoms with Crippen LogP contribution >= 0.6 is 0 Å². The second kappa shape index (κ2) is 9.42. The number of hydrogen-bond donors (Lipinski definition) is 5. The van der Waals surface area contributed by atoms with Gasteiger partial charge in [-0.15, -0.1) is 0 Å². The molecule has 4 aromatic carbocycles. The second-order valence-corrected chi connectivity index (χ2v) is 9.54. The molecule has 10 nitrogen and oxygen atoms in total. The molecule has 4 aromatic rings. The van der Waals surface area contributed by atoms with Crippen molar-refractivity contribution in [1.82, 2.24) is 0 Å². The highest BCUT2D eigenvalue weighted by Gasteiger charge is 2.32. The standard InChI is InChI=1S/C30H22O10/c31-16-8-20(34)29-22(36)12-25(39-27(29)10-16)14-1-4-18(5-2-14)38-24-6-3-15(7-19(24)33)26-13-23(37)30-21(35)9-17(32)11-28(30)40-26/h1-11,25-26,31-35H,12-13H2. The first kappa shape index (κ1) is 24.9. The number of benzene rings is 4. The van der Waals surface area contributed by atoms with Gasteiger partial charge in [-0.3, -0.25) is 9.59 Å². The maximum absolute atomic E-state index is 12.6. The molecule has 0 saturated heterocycles. The predicted molar refractivity (Wildman–Crippen MR) is 139 cm³/mol. The van der Waals surface area contributed by atoms with E-state index in [0.717, 1.165) is 12.1 Å². The Morgan fingerprint density at radius 3 is 1.62 bits per heavy atom. The van der Waals surface area contributed by atoms with Crippen molar-refractivity contribution in [1.29, 1.82) is 0 Å². The van der Waals surface area contributed by atoms with E-state index in [2.05, 4.69) is 0 Å². The summed E-state index contributed by atoms with van der Waals surface area (Å²) < 4.78 is 17.5. The molecule has 2 atom stereocenters. The SMILES string of the molecule is O=C1CC(c2ccc(Oc3ccc(C4CC(=O)c5c(O)cc(O)cc5O4)cc3O)cc2)Oc2cc(O)cc(O)c21. The molecular weight excluding hydrogens is 520 g/mol. The zero-order valence-electron chi connectivity index (χ0n) is 20.7. The van der Waals surface area contributed by atoms with Crippen molar-refractivity contribution < 1.29 is 49.3 Å². The van der Waals surface area contributed by atoms with Crippen LogP contribution in [0.1, 0.15) is 56.9 Å². The number of fused-ring (bicyclic) bond motifs is 2. The summed E-state index contributed by atoms with van der Waals surface area (Å²) in [6.45, 7) is 0. The molecule has 0 aromatic heterocycles. The number of aromatic hydroxyl groups is 5. The first-order valence-electron chi connectivity index (χ1n) is 12.3. The van der Waals surface area contributed by atoms with E-state index in [1.165, 1.54) is 24.3 Å². The summed E-state index contributed by atoms with van der Waals surface area (Å²) in [5.74, 6) is -1.31. The molecule has 5 N–H and O–H groups in total. The minimum atomic E-state index is -0.743. The number of ketones is 2. The van der Waals surface area contributed by atoms with E-state index in [0.29, 0.717) is 16.9 Å². The molecule has 2 unspecified atom stereocenters. The number of rotatable bonds is 4. The minimum Gasteiger partial charge on any atom is -0.508 e. The number of hydrogen-bond acceptors (Lipinski definition) is 10. The molecule has 0 spiro atoms. The molecule has 0 amide bonds. The molecule has 6 rings (SSSR count). The van der Waals surface area contributed by atoms with Crippen LogP contribution < -0.4 is 14.2 Å². The fraction of sp³-hybridized carbons (Fsp3) is 0.133. The van der Waals surface area contributed by atoms with E-state index in [1.807, 2.05) is 0 Å². The van der Waals surface area contributed by atoms with Gasteiger partial charge in [-0.2, -0.15) is 0 Å². The smallest absolute Gasteiger partial charge is 0.174 e. The van der Waals surface area contributed by atoms with Crippen molar-refractivity contribution in [3.05, 3.63) is 89.0 Å². The summed E-state index contributed by atoms with van der Waals surface area (Å²) in [5, 5.41) is 50.1. The van der Waals surface area contributed by atoms with Gasteiger partial charge in [-0.05, 0) is 35.4 Å². The Kier molecular flexibility index (Phi) is 5.87. The third kappa shape index (κ3) is 4.45. The van der Waals surface area contributed by atoms with Crippen LogP contribution in [0.5, 0.6) is 51.7 Å². The third-order valence-electron chi connectivity index (χ3n) is 6.80. The van der Waals surface area contributed by atoms with Gasteiger partial charge < -0.3 is 39.7 Å². The van der Waals surface area contributed by atoms with Crippen LogP contribution in [-0.2, 0) is 0 Å². The highest BCUT2D eigenvalue weighted by Crippen LogP contribution is 2.44. The maximum atomic E-state index is 12.6. The summed E-state index contributed by atoms with van der Waals surface area (Å²) in [4.78, 5) is 25.2. The van der Waals surface area contributed by atoms with Gasteiger partial charge in [0.15, 0.2) is 23.1 Å². The monoisotopic (exact) mass is 542 g/mol. The largest absolute Gasteiger partial charge is 0.508 e. The van der Waals surface area contributed by atoms with Gasteiger partial charge in [-0.1, -0.05) is 18.2 Å². The molecule has 10 heteroatoms. The van der Waals surface area contributed by atoms with Crippen LogP contribution in [-0.4, -0.2) is 37.1 Å². The molecule has 0 radical (unpaired) electrons. The van der Waals surface area contributed by atoms with Crippen molar-refractivity contribution in [2.45, 2.75) is 25.0 Å². The van der Waals surface area contributed by atoms with Gasteiger partial charge in [0.1, 0.15) is 63.6 Å². The summed E-state index contributed by atoms with van der Waals surface area (Å²) in [6, 6.07) is 16.0. The minimum absolute atomic E-state index is 0.00321. The van der Waals surface area contributed by atoms with Crippen LogP contribution in [0, 0.1) is 0 Å². The molecule has 2 heterocycles. The summed E-state index contributed by atoms with van der Waals surface area (Å²) >= 11 is 0. The number of carbonyl (C=O) groups is 2. The first-order valence-corrected chi connectivity index (χ1v) is 12.3. The summed E-state index contributed by atoms with van der Waals surface area (Å²) in [7, 11) is 0. The Bertz CT molecular complexity index is 1680. The molecular formula is C30H22O10. The topological polar surface area (TPSA) is 163 Å². The van der Waals surface area contributed by atoms with Crippen molar-refractivity contribution in [2.75, 3.05) is 0 Å². The third-order valence-corrected chi connectivity index (χ3v) is 6.80. The Hall–Kier alpha value is -5.38. The molecule has 40 heavy (non-hydrogen) atoms. The fourth-order valence-corrected chi connectivity index (χ4v) is 4.92. The second-order valence-electron chi connectivity index (χ2n) is 9.54. The molecule has 0 bridgehead atoms. The maximum Gasteiger partial charge on any atom is 0.174 e. The number of carbonyl (C=O) groups excluding carboxylic acids is 2. The molecule has 202 valence electrons. The first-order chi connectivity index (χ1) is 19.2. The van der Waals surface area contributed by atoms with Crippen LogP contribution in [0.25, 0.3) is 0 Å². The van der Waals surface area contributed by atoms with E-state index in [1.54, 1.807) is 30.3 Å². The number of phenolic OH excluding ortho intramolecular Hbond substituents is 5. The van der Waals surface area contributed by atoms with Gasteiger partial charge in [0.25, 0.3) is 0 Å². The van der Waals surface area contributed by atoms with Crippen LogP contribution in [0.4, 0.5) is 0 Å². The highest BCUT2D eigenvalue weighted by atomic mass is 16.5. The average molecular weight is 542 g/mol. The van der Waals surface area contributed by atoms with Crippen molar-refractivity contribution in [2.24, 2.45) is 0 Å². The van der Waals surface area contributed by atoms with Gasteiger partial charge >= 0.3 is 0 Å². The zero-order valence-corrected chi connectivity index (χ0v) is 20.7. The van der Waals surface area contributed by atoms with E-state index < -0.39 is 12.2 Å². The quantitative estimate of drug-likeness (QED) is 0.225. The summed E-state index contributed by atoms with van der Waals surface area (Å²) in [5.41, 5.74) is 1.21. The molecule has 0 aliphatic carbocycles. The van der Waals surface area contributed by atoms with Crippen molar-refractivity contribution >= 4 is 11.6 Å². The Morgan fingerprint density at radius 2 is 1.10 bits per heavy atom. The molecule has 0 saturated carbocycles. The molecule has 0 fully saturated rings. The number of Topliss-reactive ketones (excluding diaryl/α,β-unsaturated/α-hetero) is 2. The van der Waals surface area contributed by atoms with Crippen molar-refractivity contribution in [3.8, 4) is 51.7 Å². The van der Waals surface area contributed by atoms with Gasteiger partial charge in [-0.25, -0.2) is 0 Å². The lowest BCUT2D eigenvalue weighted by Crippen LogP contribution is -2.20. The lowest BCUT2D eigenvalue weighted by molar-refractivity contribution is 0.0834. The zero-order chi connectivity index (χ0) is 28.1. The molecule has 2 aliphatic heterocycles. The lowest BCUT2D eigenvalue weighted by Gasteiger charge is -2.26. The van der Waals surface area contributed by atoms with E-state index in [4.69, 9.17) is 14.2 Å². The fourth-order valence-electron chi connectivity index (χ4n) is 4.92. The van der Waals surface area contributed by atoms with E-state index in [-0.39, 0.29) is 81.5 Å². The Balaban J connectivity index is 1.16. The van der Waals surface area contributed by atoms with Crippen LogP contribution in [0.15, 0.2) is 66.7 Å². The van der Waals surface area contributed by atoms with Gasteiger partial charge in [0, 0.05) is 24.3 Å². The highest BCUT2D eigenvalue weighted by molar-refractivity contribution is 6.03. The van der Waals surface area contributed by atoms with E-state index >= 15 is 0 Å². The van der Waals surface area contributed by atoms with E-state index in [9.17, 15) is 35.1 Å². The van der Waals surface area contributed by atoms with Gasteiger partial charge in [0.2, 0.25) is 0 Å². The molecule has 2 aliphatic rings. The van der Waals surface area contributed by atoms with Gasteiger partial charge in [0.05, 0.1) is 12.8 Å². The Labute approximate surface area is 226 Å². The average Bonchev–Trinajstić information content (AvgIpc) is 2.89. The van der Waals surface area contributed by atoms with Crippen LogP contribution in [0.3, 0.4) is 0 Å². The van der Waals surface area contributed by atoms with Crippen LogP contribution in [0.2, 0.25) is 0 Å².